The molecular formula is C18H30N4O5S. The van der Waals surface area contributed by atoms with Crippen molar-refractivity contribution in [1.29, 1.82) is 0 Å². The van der Waals surface area contributed by atoms with Crippen LogP contribution in [-0.4, -0.2) is 48.5 Å². The molecule has 0 aliphatic heterocycles. The molecule has 28 heavy (non-hydrogen) atoms. The molecule has 2 rings (SSSR count). The first-order valence-corrected chi connectivity index (χ1v) is 11.1. The lowest BCUT2D eigenvalue weighted by atomic mass is 9.86. The molecule has 3 unspecified atom stereocenters. The van der Waals surface area contributed by atoms with Crippen LogP contribution < -0.4 is 10.0 Å². The van der Waals surface area contributed by atoms with Gasteiger partial charge in [-0.3, -0.25) is 9.59 Å². The first-order valence-electron chi connectivity index (χ1n) is 9.59. The van der Waals surface area contributed by atoms with Crippen LogP contribution >= 0.6 is 0 Å². The third-order valence-electron chi connectivity index (χ3n) is 5.10. The largest absolute Gasteiger partial charge is 0.453 e. The highest BCUT2D eigenvalue weighted by Crippen LogP contribution is 2.23. The summed E-state index contributed by atoms with van der Waals surface area (Å²) in [7, 11) is -2.10. The van der Waals surface area contributed by atoms with Crippen LogP contribution in [0.5, 0.6) is 0 Å². The minimum absolute atomic E-state index is 0.102. The predicted octanol–water partition coefficient (Wildman–Crippen LogP) is 1.02. The molecule has 1 heterocycles. The van der Waals surface area contributed by atoms with Gasteiger partial charge in [-0.2, -0.15) is 0 Å². The van der Waals surface area contributed by atoms with Gasteiger partial charge in [0, 0.05) is 25.8 Å². The van der Waals surface area contributed by atoms with E-state index in [4.69, 9.17) is 4.74 Å². The second-order valence-corrected chi connectivity index (χ2v) is 9.11. The van der Waals surface area contributed by atoms with Crippen LogP contribution in [0.2, 0.25) is 0 Å². The van der Waals surface area contributed by atoms with Crippen LogP contribution in [0.1, 0.15) is 51.8 Å². The Morgan fingerprint density at radius 3 is 2.64 bits per heavy atom. The van der Waals surface area contributed by atoms with Crippen LogP contribution in [0.25, 0.3) is 0 Å². The molecular weight excluding hydrogens is 384 g/mol. The van der Waals surface area contributed by atoms with Gasteiger partial charge in [0.1, 0.15) is 5.82 Å². The van der Waals surface area contributed by atoms with Crippen LogP contribution in [0.4, 0.5) is 0 Å². The quantitative estimate of drug-likeness (QED) is 0.613. The van der Waals surface area contributed by atoms with E-state index in [9.17, 15) is 18.0 Å². The maximum atomic E-state index is 12.2. The van der Waals surface area contributed by atoms with E-state index in [1.165, 1.54) is 19.5 Å². The zero-order chi connectivity index (χ0) is 20.9. The van der Waals surface area contributed by atoms with Gasteiger partial charge in [0.2, 0.25) is 0 Å². The number of esters is 1. The monoisotopic (exact) mass is 414 g/mol. The van der Waals surface area contributed by atoms with Gasteiger partial charge in [-0.1, -0.05) is 19.8 Å². The molecule has 158 valence electrons. The van der Waals surface area contributed by atoms with Crippen LogP contribution in [0.15, 0.2) is 11.2 Å². The molecule has 0 aromatic carbocycles. The van der Waals surface area contributed by atoms with Gasteiger partial charge in [-0.15, -0.1) is 0 Å². The smallest absolute Gasteiger partial charge is 0.307 e. The van der Waals surface area contributed by atoms with E-state index in [0.717, 1.165) is 19.3 Å². The number of imidazole rings is 1. The van der Waals surface area contributed by atoms with Gasteiger partial charge in [0.25, 0.3) is 15.9 Å². The Labute approximate surface area is 166 Å². The number of sulfonamides is 1. The average molecular weight is 415 g/mol. The van der Waals surface area contributed by atoms with Gasteiger partial charge < -0.3 is 14.6 Å². The molecule has 9 nitrogen and oxygen atoms in total. The summed E-state index contributed by atoms with van der Waals surface area (Å²) in [5.74, 6) is 0.00744. The molecule has 1 aromatic heterocycles. The van der Waals surface area contributed by atoms with E-state index < -0.39 is 22.1 Å². The SMILES string of the molecule is Cc1nc(S(=O)(=O)NCCC(=O)OC(C)C(=O)NC2CCCCC2C)cn1C. The lowest BCUT2D eigenvalue weighted by molar-refractivity contribution is -0.155. The summed E-state index contributed by atoms with van der Waals surface area (Å²) in [4.78, 5) is 28.1. The molecule has 1 fully saturated rings. The molecule has 0 spiro atoms. The third kappa shape index (κ3) is 6.03. The number of nitrogens with one attached hydrogen (secondary N) is 2. The maximum absolute atomic E-state index is 12.2. The molecule has 10 heteroatoms. The second kappa shape index (κ2) is 9.51. The first kappa shape index (κ1) is 22.4. The number of hydrogen-bond donors (Lipinski definition) is 2. The number of aryl methyl sites for hydroxylation is 2. The number of carbonyl (C=O) groups excluding carboxylic acids is 2. The van der Waals surface area contributed by atoms with Crippen molar-refractivity contribution in [3.8, 4) is 0 Å². The van der Waals surface area contributed by atoms with Crippen molar-refractivity contribution >= 4 is 21.9 Å². The molecule has 0 radical (unpaired) electrons. The molecule has 1 amide bonds. The summed E-state index contributed by atoms with van der Waals surface area (Å²) in [6.07, 6.45) is 4.57. The lowest BCUT2D eigenvalue weighted by Crippen LogP contribution is -2.46. The van der Waals surface area contributed by atoms with Gasteiger partial charge in [0.05, 0.1) is 6.42 Å². The Hall–Kier alpha value is -1.94. The fourth-order valence-electron chi connectivity index (χ4n) is 3.16. The van der Waals surface area contributed by atoms with Crippen molar-refractivity contribution in [3.05, 3.63) is 12.0 Å². The van der Waals surface area contributed by atoms with E-state index in [1.54, 1.807) is 18.5 Å². The fraction of sp³-hybridized carbons (Fsp3) is 0.722. The normalized spacial score (nSPS) is 21.1. The number of aromatic nitrogens is 2. The van der Waals surface area contributed by atoms with Crippen LogP contribution in [0, 0.1) is 12.8 Å². The molecule has 2 N–H and O–H groups in total. The van der Waals surface area contributed by atoms with Crippen molar-refractivity contribution in [2.75, 3.05) is 6.54 Å². The highest BCUT2D eigenvalue weighted by atomic mass is 32.2. The minimum Gasteiger partial charge on any atom is -0.453 e. The molecule has 3 atom stereocenters. The van der Waals surface area contributed by atoms with Gasteiger partial charge in [0.15, 0.2) is 11.1 Å². The highest BCUT2D eigenvalue weighted by molar-refractivity contribution is 7.89. The summed E-state index contributed by atoms with van der Waals surface area (Å²) >= 11 is 0. The van der Waals surface area contributed by atoms with Crippen LogP contribution in [0.3, 0.4) is 0 Å². The Morgan fingerprint density at radius 2 is 2.04 bits per heavy atom. The first-order chi connectivity index (χ1) is 13.1. The molecule has 1 saturated carbocycles. The second-order valence-electron chi connectivity index (χ2n) is 7.39. The Bertz CT molecular complexity index is 785. The molecule has 1 aliphatic rings. The predicted molar refractivity (Wildman–Crippen MR) is 103 cm³/mol. The number of carbonyl (C=O) groups is 2. The summed E-state index contributed by atoms with van der Waals surface area (Å²) in [5, 5.41) is 2.84. The zero-order valence-electron chi connectivity index (χ0n) is 16.9. The maximum Gasteiger partial charge on any atom is 0.307 e. The number of hydrogen-bond acceptors (Lipinski definition) is 6. The Kier molecular flexibility index (Phi) is 7.59. The zero-order valence-corrected chi connectivity index (χ0v) is 17.7. The summed E-state index contributed by atoms with van der Waals surface area (Å²) in [6.45, 7) is 5.18. The van der Waals surface area contributed by atoms with Gasteiger partial charge >= 0.3 is 5.97 Å². The molecule has 1 aromatic rings. The number of amides is 1. The third-order valence-corrected chi connectivity index (χ3v) is 6.43. The minimum atomic E-state index is -3.80. The summed E-state index contributed by atoms with van der Waals surface area (Å²) in [6, 6.07) is 0.107. The topological polar surface area (TPSA) is 119 Å². The van der Waals surface area contributed by atoms with E-state index in [-0.39, 0.29) is 29.9 Å². The van der Waals surface area contributed by atoms with Crippen molar-refractivity contribution in [3.63, 3.8) is 0 Å². The number of rotatable bonds is 8. The molecule has 1 aliphatic carbocycles. The van der Waals surface area contributed by atoms with Crippen molar-refractivity contribution in [2.45, 2.75) is 70.0 Å². The summed E-state index contributed by atoms with van der Waals surface area (Å²) < 4.78 is 33.4. The number of ether oxygens (including phenoxy) is 1. The van der Waals surface area contributed by atoms with E-state index in [1.807, 2.05) is 0 Å². The average Bonchev–Trinajstić information content (AvgIpc) is 2.96. The Balaban J connectivity index is 1.76. The summed E-state index contributed by atoms with van der Waals surface area (Å²) in [5.41, 5.74) is 0. The fourth-order valence-corrected chi connectivity index (χ4v) is 4.23. The molecule has 0 saturated heterocycles. The van der Waals surface area contributed by atoms with Gasteiger partial charge in [-0.25, -0.2) is 18.1 Å². The number of nitrogens with zero attached hydrogens (tertiary/aromatic N) is 2. The lowest BCUT2D eigenvalue weighted by Gasteiger charge is -2.30. The van der Waals surface area contributed by atoms with E-state index in [2.05, 4.69) is 21.9 Å². The van der Waals surface area contributed by atoms with Crippen LogP contribution in [-0.2, 0) is 31.4 Å². The standard InChI is InChI=1S/C18H30N4O5S/c1-12-7-5-6-8-15(12)21-18(24)13(2)27-17(23)9-10-19-28(25,26)16-11-22(4)14(3)20-16/h11-13,15,19H,5-10H2,1-4H3,(H,21,24). The van der Waals surface area contributed by atoms with Crippen molar-refractivity contribution in [2.24, 2.45) is 13.0 Å². The molecule has 0 bridgehead atoms. The Morgan fingerprint density at radius 1 is 1.36 bits per heavy atom. The van der Waals surface area contributed by atoms with Crippen molar-refractivity contribution in [1.82, 2.24) is 19.6 Å². The van der Waals surface area contributed by atoms with Gasteiger partial charge in [-0.05, 0) is 32.6 Å². The van der Waals surface area contributed by atoms with E-state index >= 15 is 0 Å². The van der Waals surface area contributed by atoms with Crippen molar-refractivity contribution < 1.29 is 22.7 Å². The van der Waals surface area contributed by atoms with E-state index in [0.29, 0.717) is 11.7 Å². The highest BCUT2D eigenvalue weighted by Gasteiger charge is 2.26.